The first-order valence-electron chi connectivity index (χ1n) is 7.28. The van der Waals surface area contributed by atoms with Gasteiger partial charge in [-0.15, -0.1) is 0 Å². The Morgan fingerprint density at radius 3 is 2.52 bits per heavy atom. The third-order valence-electron chi connectivity index (χ3n) is 4.06. The van der Waals surface area contributed by atoms with E-state index in [1.54, 1.807) is 12.1 Å². The van der Waals surface area contributed by atoms with Gasteiger partial charge in [-0.2, -0.15) is 0 Å². The van der Waals surface area contributed by atoms with Gasteiger partial charge >= 0.3 is 0 Å². The number of carbonyl (C=O) groups excluding carboxylic acids is 1. The Morgan fingerprint density at radius 1 is 1.29 bits per heavy atom. The van der Waals surface area contributed by atoms with Gasteiger partial charge in [-0.25, -0.2) is 0 Å². The molecule has 0 saturated heterocycles. The summed E-state index contributed by atoms with van der Waals surface area (Å²) in [6.45, 7) is 2.23. The standard InChI is InChI=1S/C15H21N3O3/c1-10-3-6-12(7-4-10)17-13-8-5-11(15(19)16-2)9-14(13)18(20)21/h5,8-10,12,17H,3-4,6-7H2,1-2H3,(H,16,19). The highest BCUT2D eigenvalue weighted by Crippen LogP contribution is 2.30. The van der Waals surface area contributed by atoms with E-state index in [1.807, 2.05) is 0 Å². The van der Waals surface area contributed by atoms with Gasteiger partial charge in [-0.3, -0.25) is 14.9 Å². The average molecular weight is 291 g/mol. The summed E-state index contributed by atoms with van der Waals surface area (Å²) in [4.78, 5) is 22.3. The highest BCUT2D eigenvalue weighted by atomic mass is 16.6. The normalized spacial score (nSPS) is 21.6. The Bertz CT molecular complexity index is 537. The second kappa shape index (κ2) is 6.56. The van der Waals surface area contributed by atoms with E-state index in [0.717, 1.165) is 31.6 Å². The van der Waals surface area contributed by atoms with Crippen LogP contribution in [0.25, 0.3) is 0 Å². The maximum atomic E-state index is 11.6. The van der Waals surface area contributed by atoms with Crippen LogP contribution in [0.15, 0.2) is 18.2 Å². The zero-order chi connectivity index (χ0) is 15.4. The molecule has 6 heteroatoms. The SMILES string of the molecule is CNC(=O)c1ccc(NC2CCC(C)CC2)c([N+](=O)[O-])c1. The summed E-state index contributed by atoms with van der Waals surface area (Å²) in [7, 11) is 1.50. The molecule has 0 aliphatic heterocycles. The summed E-state index contributed by atoms with van der Waals surface area (Å²) in [5.74, 6) is 0.407. The summed E-state index contributed by atoms with van der Waals surface area (Å²) < 4.78 is 0. The lowest BCUT2D eigenvalue weighted by molar-refractivity contribution is -0.384. The maximum Gasteiger partial charge on any atom is 0.293 e. The highest BCUT2D eigenvalue weighted by molar-refractivity contribution is 5.95. The number of nitro benzene ring substituents is 1. The van der Waals surface area contributed by atoms with E-state index in [0.29, 0.717) is 11.3 Å². The smallest absolute Gasteiger partial charge is 0.293 e. The van der Waals surface area contributed by atoms with Crippen LogP contribution in [-0.4, -0.2) is 23.9 Å². The molecule has 1 aromatic rings. The van der Waals surface area contributed by atoms with Crippen molar-refractivity contribution in [2.75, 3.05) is 12.4 Å². The minimum atomic E-state index is -0.444. The van der Waals surface area contributed by atoms with Gasteiger partial charge in [0.05, 0.1) is 4.92 Å². The molecule has 6 nitrogen and oxygen atoms in total. The van der Waals surface area contributed by atoms with E-state index < -0.39 is 4.92 Å². The van der Waals surface area contributed by atoms with Crippen LogP contribution in [0.3, 0.4) is 0 Å². The van der Waals surface area contributed by atoms with Crippen molar-refractivity contribution >= 4 is 17.3 Å². The van der Waals surface area contributed by atoms with Crippen LogP contribution in [0, 0.1) is 16.0 Å². The van der Waals surface area contributed by atoms with Crippen LogP contribution in [0.1, 0.15) is 43.0 Å². The van der Waals surface area contributed by atoms with Gasteiger partial charge in [-0.05, 0) is 43.7 Å². The van der Waals surface area contributed by atoms with Crippen molar-refractivity contribution in [1.29, 1.82) is 0 Å². The van der Waals surface area contributed by atoms with Gasteiger partial charge in [0, 0.05) is 24.7 Å². The van der Waals surface area contributed by atoms with Crippen LogP contribution in [-0.2, 0) is 0 Å². The van der Waals surface area contributed by atoms with Crippen molar-refractivity contribution in [2.45, 2.75) is 38.6 Å². The Hall–Kier alpha value is -2.11. The van der Waals surface area contributed by atoms with Gasteiger partial charge in [0.1, 0.15) is 5.69 Å². The molecule has 0 radical (unpaired) electrons. The molecule has 2 N–H and O–H groups in total. The largest absolute Gasteiger partial charge is 0.377 e. The topological polar surface area (TPSA) is 84.3 Å². The predicted molar refractivity (Wildman–Crippen MR) is 81.5 cm³/mol. The van der Waals surface area contributed by atoms with Crippen LogP contribution < -0.4 is 10.6 Å². The van der Waals surface area contributed by atoms with E-state index in [2.05, 4.69) is 17.6 Å². The zero-order valence-electron chi connectivity index (χ0n) is 12.4. The number of hydrogen-bond acceptors (Lipinski definition) is 4. The number of anilines is 1. The van der Waals surface area contributed by atoms with Gasteiger partial charge in [0.15, 0.2) is 0 Å². The van der Waals surface area contributed by atoms with E-state index >= 15 is 0 Å². The summed E-state index contributed by atoms with van der Waals surface area (Å²) in [6, 6.07) is 4.83. The van der Waals surface area contributed by atoms with Crippen molar-refractivity contribution in [1.82, 2.24) is 5.32 Å². The van der Waals surface area contributed by atoms with Crippen LogP contribution >= 0.6 is 0 Å². The van der Waals surface area contributed by atoms with Crippen LogP contribution in [0.2, 0.25) is 0 Å². The molecule has 0 bridgehead atoms. The van der Waals surface area contributed by atoms with E-state index in [-0.39, 0.29) is 17.6 Å². The van der Waals surface area contributed by atoms with E-state index in [9.17, 15) is 14.9 Å². The summed E-state index contributed by atoms with van der Waals surface area (Å²) in [5, 5.41) is 16.9. The fourth-order valence-corrected chi connectivity index (χ4v) is 2.71. The van der Waals surface area contributed by atoms with Gasteiger partial charge in [0.2, 0.25) is 0 Å². The maximum absolute atomic E-state index is 11.6. The van der Waals surface area contributed by atoms with Crippen molar-refractivity contribution in [3.05, 3.63) is 33.9 Å². The molecule has 0 heterocycles. The number of benzene rings is 1. The quantitative estimate of drug-likeness (QED) is 0.660. The third-order valence-corrected chi connectivity index (χ3v) is 4.06. The molecule has 21 heavy (non-hydrogen) atoms. The molecular weight excluding hydrogens is 270 g/mol. The molecule has 0 atom stereocenters. The van der Waals surface area contributed by atoms with Gasteiger partial charge in [0.25, 0.3) is 11.6 Å². The molecule has 1 fully saturated rings. The molecule has 1 aliphatic rings. The molecular formula is C15H21N3O3. The zero-order valence-corrected chi connectivity index (χ0v) is 12.4. The lowest BCUT2D eigenvalue weighted by Gasteiger charge is -2.27. The third kappa shape index (κ3) is 3.71. The second-order valence-corrected chi connectivity index (χ2v) is 5.67. The van der Waals surface area contributed by atoms with Crippen molar-refractivity contribution in [3.63, 3.8) is 0 Å². The fourth-order valence-electron chi connectivity index (χ4n) is 2.71. The Balaban J connectivity index is 2.18. The predicted octanol–water partition coefficient (Wildman–Crippen LogP) is 2.95. The first kappa shape index (κ1) is 15.3. The first-order chi connectivity index (χ1) is 10.0. The first-order valence-corrected chi connectivity index (χ1v) is 7.28. The van der Waals surface area contributed by atoms with Crippen molar-refractivity contribution in [2.24, 2.45) is 5.92 Å². The summed E-state index contributed by atoms with van der Waals surface area (Å²) >= 11 is 0. The minimum Gasteiger partial charge on any atom is -0.377 e. The highest BCUT2D eigenvalue weighted by Gasteiger charge is 2.22. The fraction of sp³-hybridized carbons (Fsp3) is 0.533. The number of nitro groups is 1. The number of rotatable bonds is 4. The molecule has 1 aliphatic carbocycles. The molecule has 0 spiro atoms. The number of amides is 1. The minimum absolute atomic E-state index is 0.0466. The number of hydrogen-bond donors (Lipinski definition) is 2. The van der Waals surface area contributed by atoms with Crippen LogP contribution in [0.5, 0.6) is 0 Å². The van der Waals surface area contributed by atoms with E-state index in [4.69, 9.17) is 0 Å². The lowest BCUT2D eigenvalue weighted by atomic mass is 9.87. The molecule has 2 rings (SSSR count). The Morgan fingerprint density at radius 2 is 1.95 bits per heavy atom. The number of nitrogens with zero attached hydrogens (tertiary/aromatic N) is 1. The molecule has 114 valence electrons. The lowest BCUT2D eigenvalue weighted by Crippen LogP contribution is -2.25. The second-order valence-electron chi connectivity index (χ2n) is 5.67. The van der Waals surface area contributed by atoms with Gasteiger partial charge in [-0.1, -0.05) is 6.92 Å². The summed E-state index contributed by atoms with van der Waals surface area (Å²) in [5.41, 5.74) is 0.744. The Kier molecular flexibility index (Phi) is 4.77. The monoisotopic (exact) mass is 291 g/mol. The average Bonchev–Trinajstić information content (AvgIpc) is 2.49. The number of carbonyl (C=O) groups is 1. The van der Waals surface area contributed by atoms with Crippen LogP contribution in [0.4, 0.5) is 11.4 Å². The summed E-state index contributed by atoms with van der Waals surface area (Å²) in [6.07, 6.45) is 4.33. The van der Waals surface area contributed by atoms with Gasteiger partial charge < -0.3 is 10.6 Å². The van der Waals surface area contributed by atoms with Crippen molar-refractivity contribution < 1.29 is 9.72 Å². The Labute approximate surface area is 124 Å². The van der Waals surface area contributed by atoms with Crippen molar-refractivity contribution in [3.8, 4) is 0 Å². The molecule has 1 aromatic carbocycles. The molecule has 1 saturated carbocycles. The van der Waals surface area contributed by atoms with E-state index in [1.165, 1.54) is 13.1 Å². The number of nitrogens with one attached hydrogen (secondary N) is 2. The molecule has 0 unspecified atom stereocenters. The molecule has 1 amide bonds. The molecule has 0 aromatic heterocycles.